The van der Waals surface area contributed by atoms with Crippen LogP contribution in [0.25, 0.3) is 22.6 Å². The predicted octanol–water partition coefficient (Wildman–Crippen LogP) is -1.56. The van der Waals surface area contributed by atoms with Crippen molar-refractivity contribution in [2.45, 2.75) is 38.5 Å². The number of nitrogens with one attached hydrogen (secondary N) is 1. The van der Waals surface area contributed by atoms with Crippen molar-refractivity contribution in [1.82, 2.24) is 19.5 Å². The molecule has 0 radical (unpaired) electrons. The van der Waals surface area contributed by atoms with Gasteiger partial charge in [-0.25, -0.2) is 14.2 Å². The fourth-order valence-electron chi connectivity index (χ4n) is 2.98. The summed E-state index contributed by atoms with van der Waals surface area (Å²) in [5.74, 6) is -0.167. The number of nitrogens with zero attached hydrogens (tertiary/aromatic N) is 3. The number of aromatic nitrogens is 4. The predicted molar refractivity (Wildman–Crippen MR) is 95.7 cm³/mol. The first-order valence-corrected chi connectivity index (χ1v) is 8.42. The van der Waals surface area contributed by atoms with E-state index in [1.807, 2.05) is 4.98 Å². The maximum atomic E-state index is 13.3. The molecule has 3 atom stereocenters. The summed E-state index contributed by atoms with van der Waals surface area (Å²) < 4.78 is 14.6. The van der Waals surface area contributed by atoms with Gasteiger partial charge in [-0.2, -0.15) is 4.98 Å². The van der Waals surface area contributed by atoms with Gasteiger partial charge in [0.05, 0.1) is 24.2 Å². The van der Waals surface area contributed by atoms with Gasteiger partial charge in [-0.15, -0.1) is 0 Å². The Morgan fingerprint density at radius 3 is 2.54 bits per heavy atom. The van der Waals surface area contributed by atoms with Crippen LogP contribution in [0.4, 0.5) is 4.39 Å². The van der Waals surface area contributed by atoms with Crippen LogP contribution in [0.1, 0.15) is 11.1 Å². The van der Waals surface area contributed by atoms with E-state index in [2.05, 4.69) is 9.97 Å². The molecule has 0 amide bonds. The minimum Gasteiger partial charge on any atom is -0.394 e. The van der Waals surface area contributed by atoms with E-state index in [9.17, 15) is 29.3 Å². The summed E-state index contributed by atoms with van der Waals surface area (Å²) in [6.45, 7) is -0.291. The number of rotatable bonds is 6. The number of aliphatic hydroxyl groups excluding tert-OH is 4. The zero-order valence-corrected chi connectivity index (χ0v) is 14.8. The minimum atomic E-state index is -1.71. The Morgan fingerprint density at radius 2 is 1.89 bits per heavy atom. The molecular formula is C17H19FN4O6. The summed E-state index contributed by atoms with van der Waals surface area (Å²) in [7, 11) is 0. The topological polar surface area (TPSA) is 162 Å². The molecule has 0 aromatic heterocycles. The zero-order chi connectivity index (χ0) is 20.6. The lowest BCUT2D eigenvalue weighted by Crippen LogP contribution is -2.42. The molecule has 0 spiro atoms. The second-order valence-electron chi connectivity index (χ2n) is 6.47. The van der Waals surface area contributed by atoms with Gasteiger partial charge >= 0.3 is 5.69 Å². The summed E-state index contributed by atoms with van der Waals surface area (Å²) in [5, 5.41) is 38.7. The first kappa shape index (κ1) is 20.0. The van der Waals surface area contributed by atoms with Crippen molar-refractivity contribution < 1.29 is 24.8 Å². The van der Waals surface area contributed by atoms with E-state index >= 15 is 0 Å². The van der Waals surface area contributed by atoms with E-state index in [1.165, 1.54) is 10.6 Å². The van der Waals surface area contributed by atoms with Crippen LogP contribution in [0.2, 0.25) is 0 Å². The third kappa shape index (κ3) is 3.52. The number of alkyl halides is 1. The Balaban J connectivity index is 2.29. The highest BCUT2D eigenvalue weighted by molar-refractivity contribution is 5.81. The van der Waals surface area contributed by atoms with Gasteiger partial charge in [0.2, 0.25) is 0 Å². The van der Waals surface area contributed by atoms with Crippen molar-refractivity contribution in [2.75, 3.05) is 6.61 Å². The van der Waals surface area contributed by atoms with Crippen molar-refractivity contribution in [2.24, 2.45) is 0 Å². The van der Waals surface area contributed by atoms with Gasteiger partial charge in [0.15, 0.2) is 11.5 Å². The zero-order valence-electron chi connectivity index (χ0n) is 14.8. The van der Waals surface area contributed by atoms with Gasteiger partial charge in [0.25, 0.3) is 5.56 Å². The summed E-state index contributed by atoms with van der Waals surface area (Å²) in [4.78, 5) is 33.8. The molecule has 2 aliphatic heterocycles. The number of H-pyrrole nitrogens is 1. The first-order valence-electron chi connectivity index (χ1n) is 8.42. The molecule has 150 valence electrons. The van der Waals surface area contributed by atoms with E-state index in [0.717, 1.165) is 0 Å². The summed E-state index contributed by atoms with van der Waals surface area (Å²) >= 11 is 0. The van der Waals surface area contributed by atoms with Gasteiger partial charge in [-0.05, 0) is 30.2 Å². The number of halogens is 1. The van der Waals surface area contributed by atoms with E-state index in [0.29, 0.717) is 11.1 Å². The minimum absolute atomic E-state index is 0.167. The van der Waals surface area contributed by atoms with Gasteiger partial charge < -0.3 is 25.0 Å². The number of aryl methyl sites for hydroxylation is 1. The average molecular weight is 394 g/mol. The Labute approximate surface area is 156 Å². The van der Waals surface area contributed by atoms with Crippen LogP contribution < -0.4 is 11.2 Å². The lowest BCUT2D eigenvalue weighted by molar-refractivity contribution is -0.0802. The van der Waals surface area contributed by atoms with Crippen LogP contribution in [-0.2, 0) is 13.2 Å². The van der Waals surface area contributed by atoms with Crippen LogP contribution in [0.15, 0.2) is 21.7 Å². The SMILES string of the molecule is Cc1cc2nc3c(=O)[nH]c(=O)nc-3n(C[C@@H](O)[C@@H](O)[C@@H](O)CO)c2cc1CF. The van der Waals surface area contributed by atoms with Crippen molar-refractivity contribution in [3.8, 4) is 11.5 Å². The van der Waals surface area contributed by atoms with Crippen LogP contribution >= 0.6 is 0 Å². The maximum Gasteiger partial charge on any atom is 0.349 e. The second-order valence-corrected chi connectivity index (χ2v) is 6.47. The van der Waals surface area contributed by atoms with Gasteiger partial charge in [0.1, 0.15) is 25.0 Å². The molecule has 28 heavy (non-hydrogen) atoms. The highest BCUT2D eigenvalue weighted by atomic mass is 19.1. The number of fused-ring (bicyclic) bond motifs is 2. The third-order valence-electron chi connectivity index (χ3n) is 4.56. The summed E-state index contributed by atoms with van der Waals surface area (Å²) in [6, 6.07) is 3.00. The molecule has 5 N–H and O–H groups in total. The van der Waals surface area contributed by atoms with Gasteiger partial charge in [-0.1, -0.05) is 0 Å². The monoisotopic (exact) mass is 394 g/mol. The Bertz CT molecular complexity index is 1100. The molecule has 0 saturated heterocycles. The van der Waals surface area contributed by atoms with E-state index < -0.39 is 49.4 Å². The molecule has 0 bridgehead atoms. The molecule has 0 unspecified atom stereocenters. The first-order chi connectivity index (χ1) is 13.3. The molecule has 1 aromatic carbocycles. The Morgan fingerprint density at radius 1 is 1.18 bits per heavy atom. The average Bonchev–Trinajstić information content (AvgIpc) is 2.66. The standard InChI is InChI=1S/C17H19FN4O6/c1-7-2-9-10(3-8(7)4-18)22(5-11(24)14(26)12(25)6-23)15-13(19-9)16(27)21-17(28)20-15/h2-3,11-12,14,23-26H,4-6H2,1H3,(H,21,27,28)/t11-,12+,14-/m1/s1. The van der Waals surface area contributed by atoms with Crippen LogP contribution in [-0.4, -0.2) is 64.9 Å². The molecule has 1 aromatic rings. The summed E-state index contributed by atoms with van der Waals surface area (Å²) in [6.07, 6.45) is -4.91. The van der Waals surface area contributed by atoms with Crippen molar-refractivity contribution in [3.05, 3.63) is 44.1 Å². The number of aromatic amines is 1. The fraction of sp³-hybridized carbons (Fsp3) is 0.412. The normalized spacial score (nSPS) is 15.1. The van der Waals surface area contributed by atoms with Gasteiger partial charge in [0, 0.05) is 0 Å². The number of hydrogen-bond donors (Lipinski definition) is 5. The van der Waals surface area contributed by atoms with Crippen molar-refractivity contribution >= 4 is 11.0 Å². The number of hydrogen-bond acceptors (Lipinski definition) is 8. The molecule has 11 heteroatoms. The van der Waals surface area contributed by atoms with Crippen LogP contribution in [0.3, 0.4) is 0 Å². The molecule has 0 aliphatic carbocycles. The van der Waals surface area contributed by atoms with Crippen LogP contribution in [0.5, 0.6) is 0 Å². The largest absolute Gasteiger partial charge is 0.394 e. The van der Waals surface area contributed by atoms with Crippen LogP contribution in [0, 0.1) is 6.92 Å². The molecule has 0 saturated carbocycles. The second kappa shape index (κ2) is 7.72. The maximum absolute atomic E-state index is 13.3. The number of aliphatic hydroxyl groups is 4. The highest BCUT2D eigenvalue weighted by Crippen LogP contribution is 2.25. The smallest absolute Gasteiger partial charge is 0.349 e. The van der Waals surface area contributed by atoms with Crippen molar-refractivity contribution in [1.29, 1.82) is 0 Å². The molecule has 10 nitrogen and oxygen atoms in total. The quantitative estimate of drug-likeness (QED) is 0.314. The molecule has 0 fully saturated rings. The van der Waals surface area contributed by atoms with E-state index in [-0.39, 0.29) is 22.6 Å². The lowest BCUT2D eigenvalue weighted by atomic mass is 10.1. The molecule has 2 aliphatic rings. The lowest BCUT2D eigenvalue weighted by Gasteiger charge is -2.25. The van der Waals surface area contributed by atoms with E-state index in [1.54, 1.807) is 13.0 Å². The van der Waals surface area contributed by atoms with Crippen molar-refractivity contribution in [3.63, 3.8) is 0 Å². The highest BCUT2D eigenvalue weighted by Gasteiger charge is 2.27. The fourth-order valence-corrected chi connectivity index (χ4v) is 2.98. The molecular weight excluding hydrogens is 375 g/mol. The number of benzene rings is 1. The van der Waals surface area contributed by atoms with E-state index in [4.69, 9.17) is 5.11 Å². The third-order valence-corrected chi connectivity index (χ3v) is 4.56. The summed E-state index contributed by atoms with van der Waals surface area (Å²) in [5.41, 5.74) is -0.414. The molecule has 3 rings (SSSR count). The Hall–Kier alpha value is -2.73. The van der Waals surface area contributed by atoms with Gasteiger partial charge in [-0.3, -0.25) is 9.78 Å². The Kier molecular flexibility index (Phi) is 5.52. The molecule has 2 heterocycles.